The molecule has 7 heteroatoms. The summed E-state index contributed by atoms with van der Waals surface area (Å²) in [5.74, 6) is 0.303. The van der Waals surface area contributed by atoms with E-state index in [1.54, 1.807) is 23.2 Å². The fourth-order valence-electron chi connectivity index (χ4n) is 2.41. The summed E-state index contributed by atoms with van der Waals surface area (Å²) in [6, 6.07) is 3.27. The molecule has 3 amide bonds. The number of aromatic nitrogens is 1. The first-order valence-corrected chi connectivity index (χ1v) is 6.92. The van der Waals surface area contributed by atoms with Gasteiger partial charge < -0.3 is 20.3 Å². The van der Waals surface area contributed by atoms with Gasteiger partial charge in [0, 0.05) is 32.3 Å². The highest BCUT2D eigenvalue weighted by Gasteiger charge is 2.24. The number of hydrogen-bond donors (Lipinski definition) is 2. The molecule has 2 N–H and O–H groups in total. The van der Waals surface area contributed by atoms with Crippen molar-refractivity contribution in [1.82, 2.24) is 15.2 Å². The van der Waals surface area contributed by atoms with Crippen molar-refractivity contribution < 1.29 is 14.3 Å². The number of hydrogen-bond acceptors (Lipinski definition) is 4. The molecule has 1 saturated heterocycles. The lowest BCUT2D eigenvalue weighted by molar-refractivity contribution is -0.119. The Morgan fingerprint density at radius 2 is 2.29 bits per heavy atom. The third kappa shape index (κ3) is 4.08. The van der Waals surface area contributed by atoms with Gasteiger partial charge in [0.15, 0.2) is 0 Å². The van der Waals surface area contributed by atoms with Crippen molar-refractivity contribution in [3.8, 4) is 5.88 Å². The van der Waals surface area contributed by atoms with Crippen LogP contribution in [0, 0.1) is 0 Å². The highest BCUT2D eigenvalue weighted by molar-refractivity contribution is 5.90. The number of carbonyl (C=O) groups is 2. The van der Waals surface area contributed by atoms with Crippen LogP contribution < -0.4 is 15.4 Å². The summed E-state index contributed by atoms with van der Waals surface area (Å²) < 4.78 is 5.11. The summed E-state index contributed by atoms with van der Waals surface area (Å²) in [6.45, 7) is 2.66. The number of piperidine rings is 1. The van der Waals surface area contributed by atoms with Crippen molar-refractivity contribution >= 4 is 17.6 Å². The Kier molecular flexibility index (Phi) is 4.97. The van der Waals surface area contributed by atoms with Crippen molar-refractivity contribution in [1.29, 1.82) is 0 Å². The molecule has 0 spiro atoms. The number of carbonyl (C=O) groups excluding carboxylic acids is 2. The smallest absolute Gasteiger partial charge is 0.322 e. The van der Waals surface area contributed by atoms with E-state index in [-0.39, 0.29) is 18.0 Å². The van der Waals surface area contributed by atoms with E-state index in [0.29, 0.717) is 24.7 Å². The Morgan fingerprint density at radius 1 is 1.48 bits per heavy atom. The Hall–Kier alpha value is -2.31. The molecule has 0 saturated carbocycles. The molecule has 7 nitrogen and oxygen atoms in total. The van der Waals surface area contributed by atoms with Gasteiger partial charge in [0.25, 0.3) is 0 Å². The molecule has 0 bridgehead atoms. The molecule has 2 heterocycles. The molecule has 1 aliphatic heterocycles. The zero-order chi connectivity index (χ0) is 15.2. The monoisotopic (exact) mass is 292 g/mol. The number of nitrogens with one attached hydrogen (secondary N) is 2. The standard InChI is InChI=1S/C14H20N4O3/c1-10(19)16-11-5-4-8-18(9-11)14(20)17-12-6-3-7-15-13(12)21-2/h3,6-7,11H,4-5,8-9H2,1-2H3,(H,16,19)(H,17,20)/t11-/m1/s1. The summed E-state index contributed by atoms with van der Waals surface area (Å²) in [6.07, 6.45) is 3.35. The normalized spacial score (nSPS) is 18.0. The first-order valence-electron chi connectivity index (χ1n) is 6.92. The molecular formula is C14H20N4O3. The lowest BCUT2D eigenvalue weighted by atomic mass is 10.1. The van der Waals surface area contributed by atoms with Gasteiger partial charge in [-0.05, 0) is 25.0 Å². The molecule has 1 aromatic heterocycles. The van der Waals surface area contributed by atoms with Crippen molar-refractivity contribution in [2.45, 2.75) is 25.8 Å². The van der Waals surface area contributed by atoms with Crippen molar-refractivity contribution in [2.75, 3.05) is 25.5 Å². The van der Waals surface area contributed by atoms with Crippen LogP contribution in [0.1, 0.15) is 19.8 Å². The average Bonchev–Trinajstić information content (AvgIpc) is 2.47. The van der Waals surface area contributed by atoms with Crippen LogP contribution in [0.2, 0.25) is 0 Å². The van der Waals surface area contributed by atoms with Crippen LogP contribution in [-0.2, 0) is 4.79 Å². The SMILES string of the molecule is COc1ncccc1NC(=O)N1CCC[C@@H](NC(C)=O)C1. The molecule has 0 unspecified atom stereocenters. The molecule has 0 aliphatic carbocycles. The zero-order valence-electron chi connectivity index (χ0n) is 12.3. The summed E-state index contributed by atoms with van der Waals surface area (Å²) in [5, 5.41) is 5.65. The minimum absolute atomic E-state index is 0.0118. The number of pyridine rings is 1. The number of nitrogens with zero attached hydrogens (tertiary/aromatic N) is 2. The summed E-state index contributed by atoms with van der Waals surface area (Å²) >= 11 is 0. The second-order valence-corrected chi connectivity index (χ2v) is 4.98. The van der Waals surface area contributed by atoms with Crippen LogP contribution in [0.25, 0.3) is 0 Å². The number of ether oxygens (including phenoxy) is 1. The van der Waals surface area contributed by atoms with Gasteiger partial charge in [0.05, 0.1) is 7.11 Å². The van der Waals surface area contributed by atoms with E-state index in [1.165, 1.54) is 14.0 Å². The third-order valence-electron chi connectivity index (χ3n) is 3.32. The topological polar surface area (TPSA) is 83.6 Å². The van der Waals surface area contributed by atoms with E-state index < -0.39 is 0 Å². The Labute approximate surface area is 123 Å². The first kappa shape index (κ1) is 15.1. The number of urea groups is 1. The number of anilines is 1. The summed E-state index contributed by atoms with van der Waals surface area (Å²) in [7, 11) is 1.51. The van der Waals surface area contributed by atoms with Crippen LogP contribution in [-0.4, -0.2) is 48.1 Å². The molecule has 0 aromatic carbocycles. The van der Waals surface area contributed by atoms with Gasteiger partial charge in [-0.25, -0.2) is 9.78 Å². The second kappa shape index (κ2) is 6.92. The highest BCUT2D eigenvalue weighted by atomic mass is 16.5. The second-order valence-electron chi connectivity index (χ2n) is 4.98. The lowest BCUT2D eigenvalue weighted by Gasteiger charge is -2.33. The molecule has 2 rings (SSSR count). The molecule has 114 valence electrons. The maximum absolute atomic E-state index is 12.3. The molecule has 21 heavy (non-hydrogen) atoms. The van der Waals surface area contributed by atoms with Crippen LogP contribution in [0.4, 0.5) is 10.5 Å². The number of likely N-dealkylation sites (tertiary alicyclic amines) is 1. The molecule has 1 atom stereocenters. The minimum atomic E-state index is -0.212. The summed E-state index contributed by atoms with van der Waals surface area (Å²) in [4.78, 5) is 29.1. The fourth-order valence-corrected chi connectivity index (χ4v) is 2.41. The van der Waals surface area contributed by atoms with E-state index in [1.807, 2.05) is 0 Å². The largest absolute Gasteiger partial charge is 0.480 e. The number of rotatable bonds is 3. The summed E-state index contributed by atoms with van der Waals surface area (Å²) in [5.41, 5.74) is 0.534. The van der Waals surface area contributed by atoms with E-state index in [4.69, 9.17) is 4.74 Å². The molecule has 1 fully saturated rings. The quantitative estimate of drug-likeness (QED) is 0.877. The van der Waals surface area contributed by atoms with Crippen LogP contribution in [0.15, 0.2) is 18.3 Å². The van der Waals surface area contributed by atoms with E-state index in [2.05, 4.69) is 15.6 Å². The van der Waals surface area contributed by atoms with Crippen LogP contribution in [0.3, 0.4) is 0 Å². The lowest BCUT2D eigenvalue weighted by Crippen LogP contribution is -2.50. The van der Waals surface area contributed by atoms with Gasteiger partial charge in [-0.3, -0.25) is 4.79 Å². The van der Waals surface area contributed by atoms with Gasteiger partial charge in [-0.1, -0.05) is 0 Å². The van der Waals surface area contributed by atoms with Crippen LogP contribution in [0.5, 0.6) is 5.88 Å². The van der Waals surface area contributed by atoms with Crippen molar-refractivity contribution in [2.24, 2.45) is 0 Å². The maximum atomic E-state index is 12.3. The van der Waals surface area contributed by atoms with Gasteiger partial charge >= 0.3 is 6.03 Å². The molecule has 1 aliphatic rings. The molecular weight excluding hydrogens is 272 g/mol. The first-order chi connectivity index (χ1) is 10.1. The maximum Gasteiger partial charge on any atom is 0.322 e. The number of amides is 3. The Morgan fingerprint density at radius 3 is 3.00 bits per heavy atom. The van der Waals surface area contributed by atoms with E-state index >= 15 is 0 Å². The van der Waals surface area contributed by atoms with E-state index in [0.717, 1.165) is 12.8 Å². The molecule has 0 radical (unpaired) electrons. The predicted molar refractivity (Wildman–Crippen MR) is 78.2 cm³/mol. The van der Waals surface area contributed by atoms with E-state index in [9.17, 15) is 9.59 Å². The highest BCUT2D eigenvalue weighted by Crippen LogP contribution is 2.21. The fraction of sp³-hybridized carbons (Fsp3) is 0.500. The Balaban J connectivity index is 1.98. The Bertz CT molecular complexity index is 521. The van der Waals surface area contributed by atoms with Crippen molar-refractivity contribution in [3.05, 3.63) is 18.3 Å². The zero-order valence-corrected chi connectivity index (χ0v) is 12.3. The van der Waals surface area contributed by atoms with Gasteiger partial charge in [0.2, 0.25) is 11.8 Å². The third-order valence-corrected chi connectivity index (χ3v) is 3.32. The molecule has 1 aromatic rings. The average molecular weight is 292 g/mol. The predicted octanol–water partition coefficient (Wildman–Crippen LogP) is 1.22. The van der Waals surface area contributed by atoms with Gasteiger partial charge in [-0.15, -0.1) is 0 Å². The number of methoxy groups -OCH3 is 1. The van der Waals surface area contributed by atoms with Crippen LogP contribution >= 0.6 is 0 Å². The van der Waals surface area contributed by atoms with Gasteiger partial charge in [0.1, 0.15) is 5.69 Å². The van der Waals surface area contributed by atoms with Crippen molar-refractivity contribution in [3.63, 3.8) is 0 Å². The van der Waals surface area contributed by atoms with Gasteiger partial charge in [-0.2, -0.15) is 0 Å². The minimum Gasteiger partial charge on any atom is -0.480 e.